The normalized spacial score (nSPS) is 10.5. The van der Waals surface area contributed by atoms with Gasteiger partial charge in [0.25, 0.3) is 5.69 Å². The molecule has 0 saturated heterocycles. The van der Waals surface area contributed by atoms with Gasteiger partial charge in [-0.05, 0) is 26.0 Å². The van der Waals surface area contributed by atoms with Crippen LogP contribution in [0.2, 0.25) is 0 Å². The molecule has 2 aromatic carbocycles. The number of nitrogens with zero attached hydrogens (tertiary/aromatic N) is 2. The Balaban J connectivity index is 1.85. The summed E-state index contributed by atoms with van der Waals surface area (Å²) in [6, 6.07) is 13.2. The molecule has 0 aliphatic rings. The van der Waals surface area contributed by atoms with E-state index in [0.29, 0.717) is 5.56 Å². The first-order valence-corrected chi connectivity index (χ1v) is 7.95. The lowest BCUT2D eigenvalue weighted by atomic mass is 10.1. The molecule has 0 aliphatic heterocycles. The van der Waals surface area contributed by atoms with Crippen LogP contribution < -0.4 is 5.32 Å². The van der Waals surface area contributed by atoms with Crippen molar-refractivity contribution in [3.05, 3.63) is 69.1 Å². The first-order valence-electron chi connectivity index (χ1n) is 7.07. The van der Waals surface area contributed by atoms with Gasteiger partial charge in [0.05, 0.1) is 10.6 Å². The summed E-state index contributed by atoms with van der Waals surface area (Å²) >= 11 is 1.47. The number of aryl methyl sites for hydroxylation is 2. The van der Waals surface area contributed by atoms with Gasteiger partial charge in [-0.25, -0.2) is 4.98 Å². The SMILES string of the molecule is Cc1ccc(Nc2nc(-c3ccc(C)c([N+](=O)[O-])c3)cs2)cc1. The fraction of sp³-hybridized carbons (Fsp3) is 0.118. The molecule has 116 valence electrons. The molecule has 1 aromatic heterocycles. The number of anilines is 2. The Labute approximate surface area is 137 Å². The van der Waals surface area contributed by atoms with Crippen LogP contribution in [-0.4, -0.2) is 9.91 Å². The number of hydrogen-bond acceptors (Lipinski definition) is 5. The van der Waals surface area contributed by atoms with Crippen LogP contribution in [0.5, 0.6) is 0 Å². The van der Waals surface area contributed by atoms with Crippen LogP contribution in [0.4, 0.5) is 16.5 Å². The Morgan fingerprint density at radius 3 is 2.57 bits per heavy atom. The van der Waals surface area contributed by atoms with Gasteiger partial charge in [0, 0.05) is 28.3 Å². The lowest BCUT2D eigenvalue weighted by Crippen LogP contribution is -1.92. The zero-order chi connectivity index (χ0) is 16.4. The predicted octanol–water partition coefficient (Wildman–Crippen LogP) is 5.08. The molecule has 0 radical (unpaired) electrons. The summed E-state index contributed by atoms with van der Waals surface area (Å²) in [5.41, 5.74) is 4.40. The van der Waals surface area contributed by atoms with Gasteiger partial charge in [-0.1, -0.05) is 29.8 Å². The first-order chi connectivity index (χ1) is 11.0. The highest BCUT2D eigenvalue weighted by atomic mass is 32.1. The third-order valence-corrected chi connectivity index (χ3v) is 4.27. The molecule has 23 heavy (non-hydrogen) atoms. The number of thiazole rings is 1. The highest BCUT2D eigenvalue weighted by molar-refractivity contribution is 7.14. The van der Waals surface area contributed by atoms with Gasteiger partial charge in [0.1, 0.15) is 0 Å². The van der Waals surface area contributed by atoms with Gasteiger partial charge in [0.15, 0.2) is 5.13 Å². The van der Waals surface area contributed by atoms with Gasteiger partial charge in [-0.15, -0.1) is 11.3 Å². The lowest BCUT2D eigenvalue weighted by Gasteiger charge is -2.03. The van der Waals surface area contributed by atoms with E-state index in [1.165, 1.54) is 16.9 Å². The predicted molar refractivity (Wildman–Crippen MR) is 93.4 cm³/mol. The van der Waals surface area contributed by atoms with Crippen LogP contribution in [-0.2, 0) is 0 Å². The third kappa shape index (κ3) is 3.37. The Hall–Kier alpha value is -2.73. The van der Waals surface area contributed by atoms with Crippen LogP contribution in [0.1, 0.15) is 11.1 Å². The summed E-state index contributed by atoms with van der Waals surface area (Å²) in [6.07, 6.45) is 0. The van der Waals surface area contributed by atoms with Gasteiger partial charge in [-0.2, -0.15) is 0 Å². The van der Waals surface area contributed by atoms with E-state index in [1.54, 1.807) is 19.1 Å². The number of rotatable bonds is 4. The second kappa shape index (κ2) is 6.18. The molecular weight excluding hydrogens is 310 g/mol. The Morgan fingerprint density at radius 2 is 1.87 bits per heavy atom. The van der Waals surface area contributed by atoms with E-state index in [-0.39, 0.29) is 10.6 Å². The number of nitrogens with one attached hydrogen (secondary N) is 1. The Bertz CT molecular complexity index is 857. The van der Waals surface area contributed by atoms with Crippen LogP contribution in [0.3, 0.4) is 0 Å². The maximum Gasteiger partial charge on any atom is 0.272 e. The number of aromatic nitrogens is 1. The molecule has 0 fully saturated rings. The minimum Gasteiger partial charge on any atom is -0.332 e. The van der Waals surface area contributed by atoms with Gasteiger partial charge in [-0.3, -0.25) is 10.1 Å². The maximum atomic E-state index is 11.1. The van der Waals surface area contributed by atoms with E-state index < -0.39 is 0 Å². The van der Waals surface area contributed by atoms with Crippen molar-refractivity contribution in [2.45, 2.75) is 13.8 Å². The van der Waals surface area contributed by atoms with Crippen molar-refractivity contribution in [2.75, 3.05) is 5.32 Å². The first kappa shape index (κ1) is 15.2. The summed E-state index contributed by atoms with van der Waals surface area (Å²) in [5, 5.41) is 16.9. The molecule has 1 heterocycles. The molecule has 6 heteroatoms. The molecule has 0 unspecified atom stereocenters. The zero-order valence-electron chi connectivity index (χ0n) is 12.7. The fourth-order valence-corrected chi connectivity index (χ4v) is 2.93. The van der Waals surface area contributed by atoms with Crippen molar-refractivity contribution in [3.8, 4) is 11.3 Å². The van der Waals surface area contributed by atoms with E-state index in [9.17, 15) is 10.1 Å². The number of hydrogen-bond donors (Lipinski definition) is 1. The van der Waals surface area contributed by atoms with Gasteiger partial charge in [0.2, 0.25) is 0 Å². The molecular formula is C17H15N3O2S. The van der Waals surface area contributed by atoms with Crippen molar-refractivity contribution in [1.29, 1.82) is 0 Å². The summed E-state index contributed by atoms with van der Waals surface area (Å²) in [7, 11) is 0. The summed E-state index contributed by atoms with van der Waals surface area (Å²) in [4.78, 5) is 15.2. The van der Waals surface area contributed by atoms with Crippen molar-refractivity contribution >= 4 is 27.8 Å². The van der Waals surface area contributed by atoms with E-state index in [1.807, 2.05) is 42.6 Å². The molecule has 0 aliphatic carbocycles. The second-order valence-corrected chi connectivity index (χ2v) is 6.15. The largest absolute Gasteiger partial charge is 0.332 e. The van der Waals surface area contributed by atoms with E-state index in [2.05, 4.69) is 10.3 Å². The smallest absolute Gasteiger partial charge is 0.272 e. The molecule has 0 bridgehead atoms. The van der Waals surface area contributed by atoms with E-state index in [4.69, 9.17) is 0 Å². The average molecular weight is 325 g/mol. The van der Waals surface area contributed by atoms with Crippen LogP contribution in [0.25, 0.3) is 11.3 Å². The highest BCUT2D eigenvalue weighted by Crippen LogP contribution is 2.30. The minimum atomic E-state index is -0.364. The summed E-state index contributed by atoms with van der Waals surface area (Å²) < 4.78 is 0. The number of nitro benzene ring substituents is 1. The van der Waals surface area contributed by atoms with Crippen molar-refractivity contribution in [2.24, 2.45) is 0 Å². The molecule has 0 saturated carbocycles. The molecule has 1 N–H and O–H groups in total. The molecule has 0 amide bonds. The Morgan fingerprint density at radius 1 is 1.13 bits per heavy atom. The molecule has 0 spiro atoms. The molecule has 5 nitrogen and oxygen atoms in total. The standard InChI is InChI=1S/C17H15N3O2S/c1-11-3-7-14(8-4-11)18-17-19-15(10-23-17)13-6-5-12(2)16(9-13)20(21)22/h3-10H,1-2H3,(H,18,19). The van der Waals surface area contributed by atoms with E-state index in [0.717, 1.165) is 22.1 Å². The number of nitro groups is 1. The molecule has 3 rings (SSSR count). The lowest BCUT2D eigenvalue weighted by molar-refractivity contribution is -0.385. The van der Waals surface area contributed by atoms with E-state index >= 15 is 0 Å². The van der Waals surface area contributed by atoms with Crippen LogP contribution in [0.15, 0.2) is 47.8 Å². The average Bonchev–Trinajstić information content (AvgIpc) is 2.98. The zero-order valence-corrected chi connectivity index (χ0v) is 13.6. The summed E-state index contributed by atoms with van der Waals surface area (Å²) in [5.74, 6) is 0. The van der Waals surface area contributed by atoms with Crippen molar-refractivity contribution in [1.82, 2.24) is 4.98 Å². The monoisotopic (exact) mass is 325 g/mol. The second-order valence-electron chi connectivity index (χ2n) is 5.29. The van der Waals surface area contributed by atoms with Crippen LogP contribution >= 0.6 is 11.3 Å². The minimum absolute atomic E-state index is 0.114. The molecule has 3 aromatic rings. The number of benzene rings is 2. The van der Waals surface area contributed by atoms with Crippen LogP contribution in [0, 0.1) is 24.0 Å². The van der Waals surface area contributed by atoms with Gasteiger partial charge >= 0.3 is 0 Å². The molecule has 0 atom stereocenters. The fourth-order valence-electron chi connectivity index (χ4n) is 2.19. The summed E-state index contributed by atoms with van der Waals surface area (Å²) in [6.45, 7) is 3.77. The van der Waals surface area contributed by atoms with Crippen molar-refractivity contribution < 1.29 is 4.92 Å². The Kier molecular flexibility index (Phi) is 4.08. The maximum absolute atomic E-state index is 11.1. The van der Waals surface area contributed by atoms with Crippen molar-refractivity contribution in [3.63, 3.8) is 0 Å². The topological polar surface area (TPSA) is 68.1 Å². The highest BCUT2D eigenvalue weighted by Gasteiger charge is 2.13. The third-order valence-electron chi connectivity index (χ3n) is 3.51. The van der Waals surface area contributed by atoms with Gasteiger partial charge < -0.3 is 5.32 Å². The quantitative estimate of drug-likeness (QED) is 0.536.